The Morgan fingerprint density at radius 1 is 1.15 bits per heavy atom. The Labute approximate surface area is 159 Å². The van der Waals surface area contributed by atoms with Gasteiger partial charge in [-0.3, -0.25) is 4.79 Å². The molecule has 1 amide bonds. The number of halogens is 1. The average Bonchev–Trinajstić information content (AvgIpc) is 2.63. The molecule has 0 bridgehead atoms. The van der Waals surface area contributed by atoms with Gasteiger partial charge in [0, 0.05) is 49.5 Å². The van der Waals surface area contributed by atoms with Gasteiger partial charge in [-0.15, -0.1) is 0 Å². The molecule has 1 fully saturated rings. The third kappa shape index (κ3) is 4.64. The highest BCUT2D eigenvalue weighted by Gasteiger charge is 2.22. The zero-order valence-corrected chi connectivity index (χ0v) is 16.0. The van der Waals surface area contributed by atoms with Crippen LogP contribution in [0.2, 0.25) is 5.02 Å². The standard InChI is InChI=1S/C19H24ClN5O/c1-3-21-19-22-14(2)12-17(23-19)24-8-10-25(11-9-24)18(26)13-15-4-6-16(20)7-5-15/h4-7,12H,3,8-11,13H2,1-2H3,(H,21,22,23). The van der Waals surface area contributed by atoms with Gasteiger partial charge in [-0.25, -0.2) is 4.98 Å². The Bertz CT molecular complexity index is 757. The quantitative estimate of drug-likeness (QED) is 0.873. The zero-order chi connectivity index (χ0) is 18.5. The van der Waals surface area contributed by atoms with E-state index in [1.54, 1.807) is 0 Å². The van der Waals surface area contributed by atoms with Crippen molar-refractivity contribution < 1.29 is 4.79 Å². The van der Waals surface area contributed by atoms with Crippen molar-refractivity contribution in [1.29, 1.82) is 0 Å². The van der Waals surface area contributed by atoms with Gasteiger partial charge in [0.25, 0.3) is 0 Å². The van der Waals surface area contributed by atoms with Crippen molar-refractivity contribution in [3.8, 4) is 0 Å². The first-order valence-corrected chi connectivity index (χ1v) is 9.29. The molecule has 0 aliphatic carbocycles. The van der Waals surface area contributed by atoms with Crippen LogP contribution in [-0.4, -0.2) is 53.5 Å². The summed E-state index contributed by atoms with van der Waals surface area (Å²) in [4.78, 5) is 25.6. The summed E-state index contributed by atoms with van der Waals surface area (Å²) in [5, 5.41) is 3.85. The molecular formula is C19H24ClN5O. The molecule has 1 aliphatic rings. The molecule has 1 aromatic heterocycles. The van der Waals surface area contributed by atoms with E-state index >= 15 is 0 Å². The van der Waals surface area contributed by atoms with Gasteiger partial charge in [0.2, 0.25) is 11.9 Å². The van der Waals surface area contributed by atoms with Crippen LogP contribution in [-0.2, 0) is 11.2 Å². The lowest BCUT2D eigenvalue weighted by atomic mass is 10.1. The molecule has 1 aromatic carbocycles. The number of anilines is 2. The van der Waals surface area contributed by atoms with Gasteiger partial charge in [-0.05, 0) is 31.5 Å². The van der Waals surface area contributed by atoms with E-state index in [-0.39, 0.29) is 5.91 Å². The molecule has 7 heteroatoms. The van der Waals surface area contributed by atoms with Crippen LogP contribution in [0.1, 0.15) is 18.2 Å². The predicted octanol–water partition coefficient (Wildman–Crippen LogP) is 2.76. The lowest BCUT2D eigenvalue weighted by Crippen LogP contribution is -2.49. The third-order valence-corrected chi connectivity index (χ3v) is 4.65. The number of carbonyl (C=O) groups is 1. The maximum absolute atomic E-state index is 12.5. The van der Waals surface area contributed by atoms with Crippen LogP contribution in [0.5, 0.6) is 0 Å². The first kappa shape index (κ1) is 18.5. The highest BCUT2D eigenvalue weighted by molar-refractivity contribution is 6.30. The van der Waals surface area contributed by atoms with Crippen molar-refractivity contribution in [1.82, 2.24) is 14.9 Å². The third-order valence-electron chi connectivity index (χ3n) is 4.40. The van der Waals surface area contributed by atoms with Gasteiger partial charge in [0.05, 0.1) is 6.42 Å². The highest BCUT2D eigenvalue weighted by atomic mass is 35.5. The summed E-state index contributed by atoms with van der Waals surface area (Å²) in [7, 11) is 0. The van der Waals surface area contributed by atoms with Gasteiger partial charge < -0.3 is 15.1 Å². The summed E-state index contributed by atoms with van der Waals surface area (Å²) in [6.07, 6.45) is 0.411. The molecule has 3 rings (SSSR count). The van der Waals surface area contributed by atoms with Crippen LogP contribution in [0.15, 0.2) is 30.3 Å². The van der Waals surface area contributed by atoms with Crippen LogP contribution in [0.4, 0.5) is 11.8 Å². The number of piperazine rings is 1. The van der Waals surface area contributed by atoms with E-state index in [4.69, 9.17) is 11.6 Å². The Kier molecular flexibility index (Phi) is 5.93. The number of nitrogens with zero attached hydrogens (tertiary/aromatic N) is 4. The van der Waals surface area contributed by atoms with E-state index in [1.165, 1.54) is 0 Å². The first-order chi connectivity index (χ1) is 12.5. The van der Waals surface area contributed by atoms with E-state index in [2.05, 4.69) is 20.2 Å². The van der Waals surface area contributed by atoms with Crippen molar-refractivity contribution in [3.05, 3.63) is 46.6 Å². The lowest BCUT2D eigenvalue weighted by molar-refractivity contribution is -0.130. The zero-order valence-electron chi connectivity index (χ0n) is 15.2. The summed E-state index contributed by atoms with van der Waals surface area (Å²) < 4.78 is 0. The number of hydrogen-bond donors (Lipinski definition) is 1. The van der Waals surface area contributed by atoms with Crippen molar-refractivity contribution in [3.63, 3.8) is 0 Å². The maximum atomic E-state index is 12.5. The molecule has 1 aliphatic heterocycles. The minimum Gasteiger partial charge on any atom is -0.354 e. The van der Waals surface area contributed by atoms with E-state index < -0.39 is 0 Å². The molecule has 0 unspecified atom stereocenters. The Hall–Kier alpha value is -2.34. The fourth-order valence-electron chi connectivity index (χ4n) is 3.02. The number of nitrogens with one attached hydrogen (secondary N) is 1. The number of aromatic nitrogens is 2. The lowest BCUT2D eigenvalue weighted by Gasteiger charge is -2.35. The monoisotopic (exact) mass is 373 g/mol. The molecule has 0 atom stereocenters. The molecule has 1 N–H and O–H groups in total. The van der Waals surface area contributed by atoms with Gasteiger partial charge >= 0.3 is 0 Å². The Morgan fingerprint density at radius 2 is 1.85 bits per heavy atom. The fourth-order valence-corrected chi connectivity index (χ4v) is 3.15. The van der Waals surface area contributed by atoms with E-state index in [0.29, 0.717) is 30.5 Å². The molecule has 0 spiro atoms. The normalized spacial score (nSPS) is 14.4. The van der Waals surface area contributed by atoms with Gasteiger partial charge in [0.1, 0.15) is 5.82 Å². The number of amides is 1. The van der Waals surface area contributed by atoms with Gasteiger partial charge in [-0.2, -0.15) is 4.98 Å². The highest BCUT2D eigenvalue weighted by Crippen LogP contribution is 2.18. The average molecular weight is 374 g/mol. The largest absolute Gasteiger partial charge is 0.354 e. The van der Waals surface area contributed by atoms with E-state index in [0.717, 1.165) is 36.7 Å². The molecule has 2 aromatic rings. The van der Waals surface area contributed by atoms with Crippen molar-refractivity contribution in [2.45, 2.75) is 20.3 Å². The number of rotatable bonds is 5. The minimum absolute atomic E-state index is 0.152. The molecule has 2 heterocycles. The second-order valence-electron chi connectivity index (χ2n) is 6.39. The van der Waals surface area contributed by atoms with Crippen LogP contribution >= 0.6 is 11.6 Å². The van der Waals surface area contributed by atoms with Crippen molar-refractivity contribution >= 4 is 29.3 Å². The number of benzene rings is 1. The second-order valence-corrected chi connectivity index (χ2v) is 6.83. The summed E-state index contributed by atoms with van der Waals surface area (Å²) >= 11 is 5.90. The summed E-state index contributed by atoms with van der Waals surface area (Å²) in [6, 6.07) is 9.44. The predicted molar refractivity (Wildman–Crippen MR) is 105 cm³/mol. The number of hydrogen-bond acceptors (Lipinski definition) is 5. The maximum Gasteiger partial charge on any atom is 0.227 e. The topological polar surface area (TPSA) is 61.4 Å². The fraction of sp³-hybridized carbons (Fsp3) is 0.421. The molecule has 26 heavy (non-hydrogen) atoms. The summed E-state index contributed by atoms with van der Waals surface area (Å²) in [5.41, 5.74) is 1.93. The second kappa shape index (κ2) is 8.36. The minimum atomic E-state index is 0.152. The van der Waals surface area contributed by atoms with E-state index in [1.807, 2.05) is 49.1 Å². The van der Waals surface area contributed by atoms with Crippen LogP contribution in [0.3, 0.4) is 0 Å². The Balaban J connectivity index is 1.58. The van der Waals surface area contributed by atoms with Gasteiger partial charge in [0.15, 0.2) is 0 Å². The SMILES string of the molecule is CCNc1nc(C)cc(N2CCN(C(=O)Cc3ccc(Cl)cc3)CC2)n1. The molecule has 6 nitrogen and oxygen atoms in total. The molecular weight excluding hydrogens is 350 g/mol. The first-order valence-electron chi connectivity index (χ1n) is 8.92. The summed E-state index contributed by atoms with van der Waals surface area (Å²) in [5.74, 6) is 1.72. The summed E-state index contributed by atoms with van der Waals surface area (Å²) in [6.45, 7) is 7.73. The smallest absolute Gasteiger partial charge is 0.227 e. The van der Waals surface area contributed by atoms with Crippen LogP contribution in [0, 0.1) is 6.92 Å². The van der Waals surface area contributed by atoms with Crippen molar-refractivity contribution in [2.75, 3.05) is 42.9 Å². The number of aryl methyl sites for hydroxylation is 1. The van der Waals surface area contributed by atoms with Gasteiger partial charge in [-0.1, -0.05) is 23.7 Å². The molecule has 138 valence electrons. The molecule has 1 saturated heterocycles. The number of carbonyl (C=O) groups excluding carboxylic acids is 1. The van der Waals surface area contributed by atoms with E-state index in [9.17, 15) is 4.79 Å². The molecule has 0 saturated carbocycles. The van der Waals surface area contributed by atoms with Crippen molar-refractivity contribution in [2.24, 2.45) is 0 Å². The van der Waals surface area contributed by atoms with Crippen LogP contribution < -0.4 is 10.2 Å². The Morgan fingerprint density at radius 3 is 2.50 bits per heavy atom. The van der Waals surface area contributed by atoms with Crippen LogP contribution in [0.25, 0.3) is 0 Å². The molecule has 0 radical (unpaired) electrons.